The van der Waals surface area contributed by atoms with Gasteiger partial charge in [0, 0.05) is 0 Å². The molecule has 0 radical (unpaired) electrons. The van der Waals surface area contributed by atoms with Crippen LogP contribution in [0, 0.1) is 0 Å². The molecule has 2 aromatic carbocycles. The molecule has 0 spiro atoms. The van der Waals surface area contributed by atoms with Crippen LogP contribution in [0.3, 0.4) is 0 Å². The smallest absolute Gasteiger partial charge is 0.262 e. The minimum Gasteiger partial charge on any atom is -0.452 e. The molecule has 112 valence electrons. The van der Waals surface area contributed by atoms with Gasteiger partial charge >= 0.3 is 0 Å². The number of rotatable bonds is 9. The van der Waals surface area contributed by atoms with E-state index < -0.39 is 16.1 Å². The van der Waals surface area contributed by atoms with Gasteiger partial charge in [0.05, 0.1) is 0 Å². The Balaban J connectivity index is 1.93. The predicted molar refractivity (Wildman–Crippen MR) is 87.5 cm³/mol. The first kappa shape index (κ1) is 15.6. The lowest BCUT2D eigenvalue weighted by Gasteiger charge is -2.20. The summed E-state index contributed by atoms with van der Waals surface area (Å²) in [6, 6.07) is 20.6. The molecule has 0 heterocycles. The van der Waals surface area contributed by atoms with Crippen molar-refractivity contribution in [2.75, 3.05) is 6.61 Å². The van der Waals surface area contributed by atoms with Crippen LogP contribution in [0.25, 0.3) is 0 Å². The van der Waals surface area contributed by atoms with Gasteiger partial charge in [0.1, 0.15) is 18.1 Å². The van der Waals surface area contributed by atoms with Gasteiger partial charge in [0.25, 0.3) is 6.29 Å². The Labute approximate surface area is 128 Å². The van der Waals surface area contributed by atoms with Crippen molar-refractivity contribution in [3.05, 3.63) is 60.7 Å². The molecule has 0 N–H and O–H groups in total. The van der Waals surface area contributed by atoms with Crippen LogP contribution in [-0.2, 0) is 4.43 Å². The van der Waals surface area contributed by atoms with E-state index in [4.69, 9.17) is 13.9 Å². The Morgan fingerprint density at radius 2 is 1.38 bits per heavy atom. The number of benzene rings is 2. The Morgan fingerprint density at radius 1 is 0.857 bits per heavy atom. The summed E-state index contributed by atoms with van der Waals surface area (Å²) in [5.41, 5.74) is 0. The lowest BCUT2D eigenvalue weighted by Crippen LogP contribution is -2.30. The van der Waals surface area contributed by atoms with Crippen LogP contribution in [0.4, 0.5) is 0 Å². The van der Waals surface area contributed by atoms with Gasteiger partial charge in [-0.25, -0.2) is 0 Å². The van der Waals surface area contributed by atoms with E-state index in [0.29, 0.717) is 6.61 Å². The van der Waals surface area contributed by atoms with Crippen molar-refractivity contribution in [2.24, 2.45) is 0 Å². The van der Waals surface area contributed by atoms with E-state index >= 15 is 0 Å². The fraction of sp³-hybridized carbons (Fsp3) is 0.294. The van der Waals surface area contributed by atoms with E-state index in [-0.39, 0.29) is 0 Å². The normalized spacial score (nSPS) is 11.1. The molecule has 0 saturated carbocycles. The SMILES string of the molecule is CCC[SiH2]OCC(Oc1ccccc1)Oc1ccccc1. The molecule has 4 heteroatoms. The third-order valence-corrected chi connectivity index (χ3v) is 4.44. The molecule has 0 saturated heterocycles. The van der Waals surface area contributed by atoms with Crippen molar-refractivity contribution in [2.45, 2.75) is 25.7 Å². The first-order valence-electron chi connectivity index (χ1n) is 7.39. The third kappa shape index (κ3) is 6.02. The summed E-state index contributed by atoms with van der Waals surface area (Å²) in [6.45, 7) is 2.64. The highest BCUT2D eigenvalue weighted by molar-refractivity contribution is 6.26. The quantitative estimate of drug-likeness (QED) is 0.404. The highest BCUT2D eigenvalue weighted by Gasteiger charge is 2.12. The zero-order chi connectivity index (χ0) is 14.8. The van der Waals surface area contributed by atoms with Crippen molar-refractivity contribution in [1.29, 1.82) is 0 Å². The molecule has 0 aliphatic rings. The lowest BCUT2D eigenvalue weighted by molar-refractivity contribution is -0.0272. The second kappa shape index (κ2) is 9.21. The van der Waals surface area contributed by atoms with Gasteiger partial charge < -0.3 is 13.9 Å². The minimum atomic E-state index is -0.470. The lowest BCUT2D eigenvalue weighted by atomic mass is 10.3. The highest BCUT2D eigenvalue weighted by Crippen LogP contribution is 2.16. The predicted octanol–water partition coefficient (Wildman–Crippen LogP) is 3.40. The van der Waals surface area contributed by atoms with Gasteiger partial charge in [-0.3, -0.25) is 0 Å². The Kier molecular flexibility index (Phi) is 6.84. The zero-order valence-electron chi connectivity index (χ0n) is 12.4. The van der Waals surface area contributed by atoms with Crippen LogP contribution < -0.4 is 9.47 Å². The fourth-order valence-electron chi connectivity index (χ4n) is 1.82. The number of ether oxygens (including phenoxy) is 2. The average Bonchev–Trinajstić information content (AvgIpc) is 2.53. The van der Waals surface area contributed by atoms with Crippen molar-refractivity contribution in [3.63, 3.8) is 0 Å². The van der Waals surface area contributed by atoms with Gasteiger partial charge in [-0.1, -0.05) is 49.7 Å². The molecule has 21 heavy (non-hydrogen) atoms. The Morgan fingerprint density at radius 3 is 1.86 bits per heavy atom. The molecule has 0 aliphatic carbocycles. The molecule has 0 bridgehead atoms. The molecule has 0 aliphatic heterocycles. The Bertz CT molecular complexity index is 448. The van der Waals surface area contributed by atoms with Crippen LogP contribution >= 0.6 is 0 Å². The summed E-state index contributed by atoms with van der Waals surface area (Å²) in [7, 11) is -0.470. The first-order valence-corrected chi connectivity index (χ1v) is 8.97. The number of para-hydroxylation sites is 2. The number of hydrogen-bond donors (Lipinski definition) is 0. The van der Waals surface area contributed by atoms with Crippen molar-refractivity contribution >= 4 is 9.76 Å². The molecular weight excluding hydrogens is 280 g/mol. The molecule has 0 aromatic heterocycles. The summed E-state index contributed by atoms with van der Waals surface area (Å²) in [5.74, 6) is 1.58. The summed E-state index contributed by atoms with van der Waals surface area (Å²) in [5, 5.41) is 0. The summed E-state index contributed by atoms with van der Waals surface area (Å²) in [4.78, 5) is 0. The zero-order valence-corrected chi connectivity index (χ0v) is 13.8. The standard InChI is InChI=1S/C17H22O3Si/c1-2-13-21-18-14-17(19-15-9-5-3-6-10-15)20-16-11-7-4-8-12-16/h3-12,17H,2,13-14,21H2,1H3. The van der Waals surface area contributed by atoms with E-state index in [9.17, 15) is 0 Å². The van der Waals surface area contributed by atoms with E-state index in [1.54, 1.807) is 0 Å². The van der Waals surface area contributed by atoms with E-state index in [0.717, 1.165) is 11.5 Å². The first-order chi connectivity index (χ1) is 10.4. The maximum atomic E-state index is 5.87. The summed E-state index contributed by atoms with van der Waals surface area (Å²) in [6.07, 6.45) is 0.759. The van der Waals surface area contributed by atoms with E-state index in [2.05, 4.69) is 6.92 Å². The summed E-state index contributed by atoms with van der Waals surface area (Å²) >= 11 is 0. The molecule has 0 atom stereocenters. The minimum absolute atomic E-state index is 0.417. The molecule has 2 aromatic rings. The van der Waals surface area contributed by atoms with Gasteiger partial charge in [0.2, 0.25) is 0 Å². The highest BCUT2D eigenvalue weighted by atomic mass is 28.2. The molecule has 0 fully saturated rings. The molecule has 3 nitrogen and oxygen atoms in total. The maximum absolute atomic E-state index is 5.87. The van der Waals surface area contributed by atoms with E-state index in [1.165, 1.54) is 12.5 Å². The molecular formula is C17H22O3Si. The van der Waals surface area contributed by atoms with Gasteiger partial charge in [-0.2, -0.15) is 0 Å². The summed E-state index contributed by atoms with van der Waals surface area (Å²) < 4.78 is 17.5. The van der Waals surface area contributed by atoms with Crippen LogP contribution in [-0.4, -0.2) is 22.7 Å². The fourth-order valence-corrected chi connectivity index (χ4v) is 2.67. The van der Waals surface area contributed by atoms with Crippen molar-refractivity contribution in [3.8, 4) is 11.5 Å². The maximum Gasteiger partial charge on any atom is 0.262 e. The second-order valence-electron chi connectivity index (χ2n) is 4.72. The average molecular weight is 302 g/mol. The number of hydrogen-bond acceptors (Lipinski definition) is 3. The van der Waals surface area contributed by atoms with Crippen LogP contribution in [0.5, 0.6) is 11.5 Å². The van der Waals surface area contributed by atoms with Crippen molar-refractivity contribution < 1.29 is 13.9 Å². The third-order valence-electron chi connectivity index (χ3n) is 2.92. The Hall–Kier alpha value is -1.78. The van der Waals surface area contributed by atoms with Gasteiger partial charge in [0.15, 0.2) is 9.76 Å². The second-order valence-corrected chi connectivity index (χ2v) is 6.24. The van der Waals surface area contributed by atoms with Crippen LogP contribution in [0.15, 0.2) is 60.7 Å². The van der Waals surface area contributed by atoms with Gasteiger partial charge in [-0.15, -0.1) is 0 Å². The van der Waals surface area contributed by atoms with Crippen LogP contribution in [0.1, 0.15) is 13.3 Å². The molecule has 2 rings (SSSR count). The molecule has 0 amide bonds. The molecule has 0 unspecified atom stereocenters. The van der Waals surface area contributed by atoms with E-state index in [1.807, 2.05) is 60.7 Å². The van der Waals surface area contributed by atoms with Crippen molar-refractivity contribution in [1.82, 2.24) is 0 Å². The topological polar surface area (TPSA) is 27.7 Å². The monoisotopic (exact) mass is 302 g/mol. The van der Waals surface area contributed by atoms with Crippen LogP contribution in [0.2, 0.25) is 6.04 Å². The van der Waals surface area contributed by atoms with Gasteiger partial charge in [-0.05, 0) is 30.3 Å². The largest absolute Gasteiger partial charge is 0.452 e.